The highest BCUT2D eigenvalue weighted by Crippen LogP contribution is 2.18. The highest BCUT2D eigenvalue weighted by atomic mass is 32.2. The summed E-state index contributed by atoms with van der Waals surface area (Å²) in [7, 11) is 1.56. The van der Waals surface area contributed by atoms with E-state index in [4.69, 9.17) is 4.74 Å². The molecule has 4 nitrogen and oxygen atoms in total. The summed E-state index contributed by atoms with van der Waals surface area (Å²) in [4.78, 5) is 17.0. The lowest BCUT2D eigenvalue weighted by molar-refractivity contribution is -0.115. The van der Waals surface area contributed by atoms with Crippen molar-refractivity contribution in [3.8, 4) is 5.88 Å². The van der Waals surface area contributed by atoms with E-state index in [0.717, 1.165) is 5.75 Å². The molecule has 0 unspecified atom stereocenters. The molecule has 1 aromatic heterocycles. The Balaban J connectivity index is 1.74. The number of nitrogens with zero attached hydrogens (tertiary/aromatic N) is 1. The fourth-order valence-corrected chi connectivity index (χ4v) is 2.45. The minimum absolute atomic E-state index is 0.0135. The average molecular weight is 288 g/mol. The Morgan fingerprint density at radius 2 is 2.05 bits per heavy atom. The first-order chi connectivity index (χ1) is 9.78. The van der Waals surface area contributed by atoms with E-state index in [0.29, 0.717) is 18.0 Å². The lowest BCUT2D eigenvalue weighted by atomic mass is 10.4. The van der Waals surface area contributed by atoms with Gasteiger partial charge in [-0.15, -0.1) is 11.8 Å². The van der Waals surface area contributed by atoms with Crippen LogP contribution in [0.25, 0.3) is 0 Å². The van der Waals surface area contributed by atoms with Gasteiger partial charge in [0, 0.05) is 23.1 Å². The first-order valence-corrected chi connectivity index (χ1v) is 7.24. The van der Waals surface area contributed by atoms with E-state index in [-0.39, 0.29) is 5.91 Å². The number of hydrogen-bond acceptors (Lipinski definition) is 4. The number of amides is 1. The number of carbonyl (C=O) groups excluding carboxylic acids is 1. The molecule has 104 valence electrons. The van der Waals surface area contributed by atoms with Crippen LogP contribution in [0.4, 0.5) is 5.69 Å². The Morgan fingerprint density at radius 1 is 1.25 bits per heavy atom. The van der Waals surface area contributed by atoms with Crippen molar-refractivity contribution in [1.29, 1.82) is 0 Å². The third-order valence-corrected chi connectivity index (χ3v) is 3.58. The third kappa shape index (κ3) is 4.59. The van der Waals surface area contributed by atoms with Gasteiger partial charge >= 0.3 is 0 Å². The molecule has 20 heavy (non-hydrogen) atoms. The van der Waals surface area contributed by atoms with E-state index in [1.165, 1.54) is 4.90 Å². The zero-order chi connectivity index (χ0) is 14.2. The van der Waals surface area contributed by atoms with Crippen molar-refractivity contribution in [2.75, 3.05) is 18.2 Å². The number of aromatic nitrogens is 1. The topological polar surface area (TPSA) is 51.2 Å². The summed E-state index contributed by atoms with van der Waals surface area (Å²) in [6.07, 6.45) is 2.05. The van der Waals surface area contributed by atoms with Crippen molar-refractivity contribution >= 4 is 23.4 Å². The van der Waals surface area contributed by atoms with Gasteiger partial charge in [-0.2, -0.15) is 0 Å². The molecule has 2 aromatic rings. The van der Waals surface area contributed by atoms with E-state index in [1.807, 2.05) is 30.3 Å². The molecule has 2 rings (SSSR count). The van der Waals surface area contributed by atoms with Crippen molar-refractivity contribution in [2.24, 2.45) is 0 Å². The predicted octanol–water partition coefficient (Wildman–Crippen LogP) is 3.21. The fraction of sp³-hybridized carbons (Fsp3) is 0.200. The monoisotopic (exact) mass is 288 g/mol. The van der Waals surface area contributed by atoms with E-state index < -0.39 is 0 Å². The van der Waals surface area contributed by atoms with E-state index in [9.17, 15) is 4.79 Å². The van der Waals surface area contributed by atoms with Gasteiger partial charge in [0.2, 0.25) is 11.8 Å². The van der Waals surface area contributed by atoms with E-state index in [2.05, 4.69) is 10.3 Å². The molecule has 0 bridgehead atoms. The maximum Gasteiger partial charge on any atom is 0.225 e. The second kappa shape index (κ2) is 7.55. The van der Waals surface area contributed by atoms with Crippen molar-refractivity contribution in [1.82, 2.24) is 4.98 Å². The standard InChI is InChI=1S/C15H16N2O2S/c1-19-15-8-7-12(11-16-15)17-14(18)9-10-20-13-5-3-2-4-6-13/h2-8,11H,9-10H2,1H3,(H,17,18). The maximum atomic E-state index is 11.8. The summed E-state index contributed by atoms with van der Waals surface area (Å²) in [5, 5.41) is 2.81. The van der Waals surface area contributed by atoms with Gasteiger partial charge in [0.15, 0.2) is 0 Å². The number of carbonyl (C=O) groups is 1. The summed E-state index contributed by atoms with van der Waals surface area (Å²) in [5.41, 5.74) is 0.681. The molecule has 0 spiro atoms. The molecule has 0 atom stereocenters. The summed E-state index contributed by atoms with van der Waals surface area (Å²) in [5.74, 6) is 1.27. The van der Waals surface area contributed by atoms with Crippen molar-refractivity contribution in [3.05, 3.63) is 48.7 Å². The number of hydrogen-bond donors (Lipinski definition) is 1. The first-order valence-electron chi connectivity index (χ1n) is 6.25. The number of methoxy groups -OCH3 is 1. The SMILES string of the molecule is COc1ccc(NC(=O)CCSc2ccccc2)cn1. The number of rotatable bonds is 6. The first kappa shape index (κ1) is 14.4. The van der Waals surface area contributed by atoms with Crippen LogP contribution in [0.15, 0.2) is 53.6 Å². The zero-order valence-corrected chi connectivity index (χ0v) is 12.0. The smallest absolute Gasteiger partial charge is 0.225 e. The third-order valence-electron chi connectivity index (χ3n) is 2.57. The van der Waals surface area contributed by atoms with E-state index in [1.54, 1.807) is 37.2 Å². The molecule has 1 amide bonds. The van der Waals surface area contributed by atoms with Crippen LogP contribution in [-0.2, 0) is 4.79 Å². The minimum Gasteiger partial charge on any atom is -0.481 e. The fourth-order valence-electron chi connectivity index (χ4n) is 1.58. The predicted molar refractivity (Wildman–Crippen MR) is 81.2 cm³/mol. The molecule has 0 saturated heterocycles. The summed E-state index contributed by atoms with van der Waals surface area (Å²) < 4.78 is 4.96. The van der Waals surface area contributed by atoms with Crippen LogP contribution in [0.2, 0.25) is 0 Å². The van der Waals surface area contributed by atoms with Crippen LogP contribution in [0.1, 0.15) is 6.42 Å². The Hall–Kier alpha value is -2.01. The van der Waals surface area contributed by atoms with Gasteiger partial charge in [0.25, 0.3) is 0 Å². The lowest BCUT2D eigenvalue weighted by Gasteiger charge is -2.05. The van der Waals surface area contributed by atoms with Crippen LogP contribution in [0, 0.1) is 0 Å². The lowest BCUT2D eigenvalue weighted by Crippen LogP contribution is -2.12. The molecule has 0 aliphatic rings. The highest BCUT2D eigenvalue weighted by Gasteiger charge is 2.03. The van der Waals surface area contributed by atoms with Crippen LogP contribution in [0.3, 0.4) is 0 Å². The highest BCUT2D eigenvalue weighted by molar-refractivity contribution is 7.99. The van der Waals surface area contributed by atoms with Crippen LogP contribution >= 0.6 is 11.8 Å². The summed E-state index contributed by atoms with van der Waals surface area (Å²) in [6, 6.07) is 13.5. The molecule has 0 fully saturated rings. The molecule has 0 aliphatic heterocycles. The molecule has 1 aromatic carbocycles. The zero-order valence-electron chi connectivity index (χ0n) is 11.2. The van der Waals surface area contributed by atoms with Crippen LogP contribution in [0.5, 0.6) is 5.88 Å². The second-order valence-electron chi connectivity index (χ2n) is 4.05. The molecule has 5 heteroatoms. The van der Waals surface area contributed by atoms with Gasteiger partial charge in [-0.05, 0) is 18.2 Å². The van der Waals surface area contributed by atoms with Gasteiger partial charge in [-0.3, -0.25) is 4.79 Å². The Bertz CT molecular complexity index is 544. The quantitative estimate of drug-likeness (QED) is 0.829. The van der Waals surface area contributed by atoms with Crippen molar-refractivity contribution in [2.45, 2.75) is 11.3 Å². The Labute approximate surface area is 122 Å². The Kier molecular flexibility index (Phi) is 5.43. The molecule has 0 radical (unpaired) electrons. The molecular formula is C15H16N2O2S. The Morgan fingerprint density at radius 3 is 2.70 bits per heavy atom. The van der Waals surface area contributed by atoms with Crippen LogP contribution < -0.4 is 10.1 Å². The molecule has 0 saturated carbocycles. The molecule has 1 N–H and O–H groups in total. The van der Waals surface area contributed by atoms with Gasteiger partial charge < -0.3 is 10.1 Å². The minimum atomic E-state index is -0.0135. The summed E-state index contributed by atoms with van der Waals surface area (Å²) >= 11 is 1.67. The van der Waals surface area contributed by atoms with Gasteiger partial charge in [0.1, 0.15) is 0 Å². The molecule has 0 aliphatic carbocycles. The van der Waals surface area contributed by atoms with E-state index >= 15 is 0 Å². The largest absolute Gasteiger partial charge is 0.481 e. The average Bonchev–Trinajstić information content (AvgIpc) is 2.49. The number of pyridine rings is 1. The summed E-state index contributed by atoms with van der Waals surface area (Å²) in [6.45, 7) is 0. The van der Waals surface area contributed by atoms with Gasteiger partial charge in [-0.25, -0.2) is 4.98 Å². The maximum absolute atomic E-state index is 11.8. The number of thioether (sulfide) groups is 1. The second-order valence-corrected chi connectivity index (χ2v) is 5.22. The van der Waals surface area contributed by atoms with Crippen molar-refractivity contribution < 1.29 is 9.53 Å². The normalized spacial score (nSPS) is 10.1. The van der Waals surface area contributed by atoms with Crippen molar-refractivity contribution in [3.63, 3.8) is 0 Å². The molecule has 1 heterocycles. The van der Waals surface area contributed by atoms with Gasteiger partial charge in [-0.1, -0.05) is 18.2 Å². The number of benzene rings is 1. The number of anilines is 1. The van der Waals surface area contributed by atoms with Crippen LogP contribution in [-0.4, -0.2) is 23.8 Å². The number of ether oxygens (including phenoxy) is 1. The number of nitrogens with one attached hydrogen (secondary N) is 1. The molecular weight excluding hydrogens is 272 g/mol. The van der Waals surface area contributed by atoms with Gasteiger partial charge in [0.05, 0.1) is 19.0 Å².